The SMILES string of the molecule is C[C@H]1CCCN(Cc2cc(C(=O)O)nc3ccsc23)C1. The largest absolute Gasteiger partial charge is 0.477 e. The van der Waals surface area contributed by atoms with E-state index < -0.39 is 5.97 Å². The van der Waals surface area contributed by atoms with E-state index >= 15 is 0 Å². The molecule has 1 fully saturated rings. The molecule has 1 aliphatic rings. The quantitative estimate of drug-likeness (QED) is 0.943. The summed E-state index contributed by atoms with van der Waals surface area (Å²) in [6.07, 6.45) is 2.52. The van der Waals surface area contributed by atoms with Gasteiger partial charge < -0.3 is 5.11 Å². The summed E-state index contributed by atoms with van der Waals surface area (Å²) in [5.74, 6) is -0.227. The summed E-state index contributed by atoms with van der Waals surface area (Å²) in [6.45, 7) is 5.30. The van der Waals surface area contributed by atoms with Crippen molar-refractivity contribution in [3.63, 3.8) is 0 Å². The molecule has 106 valence electrons. The average molecular weight is 290 g/mol. The van der Waals surface area contributed by atoms with Crippen LogP contribution in [-0.2, 0) is 6.54 Å². The first-order valence-corrected chi connectivity index (χ1v) is 7.84. The molecule has 0 bridgehead atoms. The molecule has 0 aromatic carbocycles. The summed E-state index contributed by atoms with van der Waals surface area (Å²) in [4.78, 5) is 17.8. The maximum atomic E-state index is 11.2. The number of piperidine rings is 1. The van der Waals surface area contributed by atoms with Gasteiger partial charge in [-0.25, -0.2) is 9.78 Å². The van der Waals surface area contributed by atoms with E-state index in [4.69, 9.17) is 0 Å². The molecule has 0 amide bonds. The lowest BCUT2D eigenvalue weighted by Crippen LogP contribution is -2.33. The van der Waals surface area contributed by atoms with Crippen molar-refractivity contribution in [2.24, 2.45) is 5.92 Å². The maximum absolute atomic E-state index is 11.2. The van der Waals surface area contributed by atoms with Crippen LogP contribution in [0.15, 0.2) is 17.5 Å². The Kier molecular flexibility index (Phi) is 3.72. The Morgan fingerprint density at radius 3 is 3.20 bits per heavy atom. The van der Waals surface area contributed by atoms with E-state index in [0.29, 0.717) is 0 Å². The summed E-state index contributed by atoms with van der Waals surface area (Å²) >= 11 is 1.64. The van der Waals surface area contributed by atoms with E-state index in [2.05, 4.69) is 16.8 Å². The number of carboxylic acids is 1. The van der Waals surface area contributed by atoms with Crippen LogP contribution >= 0.6 is 11.3 Å². The minimum atomic E-state index is -0.952. The Labute approximate surface area is 122 Å². The zero-order chi connectivity index (χ0) is 14.1. The van der Waals surface area contributed by atoms with Crippen LogP contribution in [0.3, 0.4) is 0 Å². The van der Waals surface area contributed by atoms with Gasteiger partial charge in [0.15, 0.2) is 0 Å². The first-order chi connectivity index (χ1) is 9.63. The van der Waals surface area contributed by atoms with Gasteiger partial charge in [0.2, 0.25) is 0 Å². The monoisotopic (exact) mass is 290 g/mol. The number of fused-ring (bicyclic) bond motifs is 1. The number of pyridine rings is 1. The molecule has 0 spiro atoms. The van der Waals surface area contributed by atoms with Crippen LogP contribution in [-0.4, -0.2) is 34.0 Å². The van der Waals surface area contributed by atoms with E-state index in [1.54, 1.807) is 17.4 Å². The maximum Gasteiger partial charge on any atom is 0.354 e. The van der Waals surface area contributed by atoms with Crippen LogP contribution in [0, 0.1) is 5.92 Å². The lowest BCUT2D eigenvalue weighted by atomic mass is 10.00. The van der Waals surface area contributed by atoms with Gasteiger partial charge >= 0.3 is 5.97 Å². The Morgan fingerprint density at radius 1 is 1.60 bits per heavy atom. The number of nitrogens with zero attached hydrogens (tertiary/aromatic N) is 2. The normalized spacial score (nSPS) is 20.4. The molecule has 3 rings (SSSR count). The summed E-state index contributed by atoms with van der Waals surface area (Å²) in [7, 11) is 0. The predicted molar refractivity (Wildman–Crippen MR) is 80.3 cm³/mol. The van der Waals surface area contributed by atoms with E-state index in [0.717, 1.165) is 41.3 Å². The number of likely N-dealkylation sites (tertiary alicyclic amines) is 1. The van der Waals surface area contributed by atoms with Gasteiger partial charge in [0.25, 0.3) is 0 Å². The van der Waals surface area contributed by atoms with Gasteiger partial charge in [-0.05, 0) is 48.4 Å². The number of carboxylic acid groups (broad SMARTS) is 1. The number of rotatable bonds is 3. The van der Waals surface area contributed by atoms with Crippen molar-refractivity contribution in [1.82, 2.24) is 9.88 Å². The molecule has 2 aromatic heterocycles. The van der Waals surface area contributed by atoms with Gasteiger partial charge in [-0.2, -0.15) is 0 Å². The fraction of sp³-hybridized carbons (Fsp3) is 0.467. The summed E-state index contributed by atoms with van der Waals surface area (Å²) in [6, 6.07) is 3.63. The molecular weight excluding hydrogens is 272 g/mol. The highest BCUT2D eigenvalue weighted by atomic mass is 32.1. The smallest absolute Gasteiger partial charge is 0.354 e. The van der Waals surface area contributed by atoms with Gasteiger partial charge in [0, 0.05) is 13.1 Å². The minimum Gasteiger partial charge on any atom is -0.477 e. The summed E-state index contributed by atoms with van der Waals surface area (Å²) in [5, 5.41) is 11.2. The molecule has 4 nitrogen and oxygen atoms in total. The molecule has 5 heteroatoms. The van der Waals surface area contributed by atoms with E-state index in [9.17, 15) is 9.90 Å². The lowest BCUT2D eigenvalue weighted by molar-refractivity contribution is 0.0690. The Balaban J connectivity index is 1.93. The number of carbonyl (C=O) groups is 1. The van der Waals surface area contributed by atoms with Crippen molar-refractivity contribution in [2.45, 2.75) is 26.3 Å². The molecule has 1 atom stereocenters. The van der Waals surface area contributed by atoms with Crippen molar-refractivity contribution in [2.75, 3.05) is 13.1 Å². The summed E-state index contributed by atoms with van der Waals surface area (Å²) in [5.41, 5.74) is 2.04. The standard InChI is InChI=1S/C15H18N2O2S/c1-10-3-2-5-17(8-10)9-11-7-13(15(18)19)16-12-4-6-20-14(11)12/h4,6-7,10H,2-3,5,8-9H2,1H3,(H,18,19)/t10-/m0/s1. The van der Waals surface area contributed by atoms with E-state index in [-0.39, 0.29) is 5.69 Å². The van der Waals surface area contributed by atoms with Crippen molar-refractivity contribution in [3.8, 4) is 0 Å². The van der Waals surface area contributed by atoms with Gasteiger partial charge in [0.1, 0.15) is 5.69 Å². The van der Waals surface area contributed by atoms with E-state index in [1.165, 1.54) is 12.8 Å². The van der Waals surface area contributed by atoms with Crippen molar-refractivity contribution >= 4 is 27.5 Å². The van der Waals surface area contributed by atoms with Crippen molar-refractivity contribution in [1.29, 1.82) is 0 Å². The van der Waals surface area contributed by atoms with Gasteiger partial charge in [-0.3, -0.25) is 4.90 Å². The third kappa shape index (κ3) is 2.69. The molecule has 1 N–H and O–H groups in total. The van der Waals surface area contributed by atoms with Gasteiger partial charge in [-0.15, -0.1) is 11.3 Å². The number of aromatic nitrogens is 1. The second-order valence-corrected chi connectivity index (χ2v) is 6.51. The second kappa shape index (κ2) is 5.50. The van der Waals surface area contributed by atoms with Crippen LogP contribution in [0.1, 0.15) is 35.8 Å². The third-order valence-corrected chi connectivity index (χ3v) is 4.82. The lowest BCUT2D eigenvalue weighted by Gasteiger charge is -2.30. The van der Waals surface area contributed by atoms with Gasteiger partial charge in [-0.1, -0.05) is 6.92 Å². The number of hydrogen-bond donors (Lipinski definition) is 1. The van der Waals surface area contributed by atoms with Crippen molar-refractivity contribution in [3.05, 3.63) is 28.8 Å². The van der Waals surface area contributed by atoms with Crippen molar-refractivity contribution < 1.29 is 9.90 Å². The highest BCUT2D eigenvalue weighted by Gasteiger charge is 2.19. The molecule has 2 aromatic rings. The van der Waals surface area contributed by atoms with Crippen LogP contribution in [0.25, 0.3) is 10.2 Å². The number of hydrogen-bond acceptors (Lipinski definition) is 4. The highest BCUT2D eigenvalue weighted by Crippen LogP contribution is 2.27. The molecule has 1 aliphatic heterocycles. The van der Waals surface area contributed by atoms with E-state index in [1.807, 2.05) is 11.4 Å². The highest BCUT2D eigenvalue weighted by molar-refractivity contribution is 7.17. The zero-order valence-corrected chi connectivity index (χ0v) is 12.3. The van der Waals surface area contributed by atoms with Crippen LogP contribution in [0.2, 0.25) is 0 Å². The molecule has 0 aliphatic carbocycles. The molecule has 3 heterocycles. The van der Waals surface area contributed by atoms with Crippen LogP contribution in [0.4, 0.5) is 0 Å². The average Bonchev–Trinajstić information content (AvgIpc) is 2.87. The Bertz CT molecular complexity index is 638. The summed E-state index contributed by atoms with van der Waals surface area (Å²) < 4.78 is 1.12. The topological polar surface area (TPSA) is 53.4 Å². The second-order valence-electron chi connectivity index (χ2n) is 5.59. The minimum absolute atomic E-state index is 0.149. The molecule has 0 saturated carbocycles. The first kappa shape index (κ1) is 13.5. The van der Waals surface area contributed by atoms with Crippen LogP contribution in [0.5, 0.6) is 0 Å². The Morgan fingerprint density at radius 2 is 2.45 bits per heavy atom. The molecular formula is C15H18N2O2S. The predicted octanol–water partition coefficient (Wildman–Crippen LogP) is 3.23. The molecule has 0 radical (unpaired) electrons. The number of aromatic carboxylic acids is 1. The molecule has 20 heavy (non-hydrogen) atoms. The fourth-order valence-electron chi connectivity index (χ4n) is 2.92. The van der Waals surface area contributed by atoms with Gasteiger partial charge in [0.05, 0.1) is 10.2 Å². The molecule has 0 unspecified atom stereocenters. The first-order valence-electron chi connectivity index (χ1n) is 6.96. The van der Waals surface area contributed by atoms with Crippen LogP contribution < -0.4 is 0 Å². The molecule has 1 saturated heterocycles. The Hall–Kier alpha value is -1.46. The fourth-order valence-corrected chi connectivity index (χ4v) is 3.76. The zero-order valence-electron chi connectivity index (χ0n) is 11.5. The number of thiophene rings is 1. The third-order valence-electron chi connectivity index (χ3n) is 3.84.